The molecule has 1 aromatic carbocycles. The first-order valence-corrected chi connectivity index (χ1v) is 9.11. The summed E-state index contributed by atoms with van der Waals surface area (Å²) in [6.45, 7) is 0. The third-order valence-corrected chi connectivity index (χ3v) is 5.12. The van der Waals surface area contributed by atoms with Gasteiger partial charge in [-0.3, -0.25) is 4.68 Å². The Balaban J connectivity index is 1.76. The Morgan fingerprint density at radius 3 is 2.48 bits per heavy atom. The smallest absolute Gasteiger partial charge is 0.161 e. The molecular formula is C15H15ClN4O2S. The zero-order valence-corrected chi connectivity index (χ0v) is 14.0. The molecule has 120 valence electrons. The minimum absolute atomic E-state index is 0.0582. The van der Waals surface area contributed by atoms with Crippen molar-refractivity contribution in [1.82, 2.24) is 19.6 Å². The van der Waals surface area contributed by atoms with Gasteiger partial charge in [-0.2, -0.15) is 10.2 Å². The molecule has 0 amide bonds. The van der Waals surface area contributed by atoms with Crippen molar-refractivity contribution in [2.75, 3.05) is 0 Å². The van der Waals surface area contributed by atoms with Gasteiger partial charge in [0.1, 0.15) is 0 Å². The van der Waals surface area contributed by atoms with Gasteiger partial charge in [0.15, 0.2) is 9.84 Å². The number of sulfone groups is 1. The lowest BCUT2D eigenvalue weighted by molar-refractivity contribution is 0.590. The van der Waals surface area contributed by atoms with E-state index in [1.807, 2.05) is 12.1 Å². The first kappa shape index (κ1) is 15.8. The van der Waals surface area contributed by atoms with E-state index in [1.54, 1.807) is 53.1 Å². The van der Waals surface area contributed by atoms with Gasteiger partial charge in [0.2, 0.25) is 0 Å². The summed E-state index contributed by atoms with van der Waals surface area (Å²) in [4.78, 5) is 0. The highest BCUT2D eigenvalue weighted by Gasteiger charge is 2.17. The fourth-order valence-electron chi connectivity index (χ4n) is 2.22. The highest BCUT2D eigenvalue weighted by Crippen LogP contribution is 2.15. The molecule has 0 bridgehead atoms. The second-order valence-corrected chi connectivity index (χ2v) is 7.71. The summed E-state index contributed by atoms with van der Waals surface area (Å²) in [5.74, 6) is -0.171. The maximum atomic E-state index is 12.3. The van der Waals surface area contributed by atoms with Crippen molar-refractivity contribution in [2.45, 2.75) is 11.5 Å². The van der Waals surface area contributed by atoms with Crippen LogP contribution in [-0.2, 0) is 28.4 Å². The molecular weight excluding hydrogens is 336 g/mol. The van der Waals surface area contributed by atoms with Crippen molar-refractivity contribution in [3.63, 3.8) is 0 Å². The van der Waals surface area contributed by atoms with Gasteiger partial charge in [-0.25, -0.2) is 13.1 Å². The van der Waals surface area contributed by atoms with Crippen molar-refractivity contribution in [3.05, 3.63) is 65.2 Å². The maximum Gasteiger partial charge on any atom is 0.161 e. The van der Waals surface area contributed by atoms with Gasteiger partial charge < -0.3 is 0 Å². The fraction of sp³-hybridized carbons (Fsp3) is 0.200. The molecule has 3 aromatic rings. The molecule has 3 rings (SSSR count). The molecule has 8 heteroatoms. The highest BCUT2D eigenvalue weighted by atomic mass is 35.5. The standard InChI is InChI=1S/C15H15ClN4O2S/c1-19-15(6-8-17-19)11-23(21,22)10-13-7-9-20(18-13)14-4-2-12(16)3-5-14/h2-9H,10-11H2,1H3. The lowest BCUT2D eigenvalue weighted by atomic mass is 10.3. The predicted molar refractivity (Wildman–Crippen MR) is 88.1 cm³/mol. The third-order valence-electron chi connectivity index (χ3n) is 3.39. The molecule has 0 aliphatic carbocycles. The average Bonchev–Trinajstić information content (AvgIpc) is 3.09. The van der Waals surface area contributed by atoms with Gasteiger partial charge in [0.25, 0.3) is 0 Å². The topological polar surface area (TPSA) is 69.8 Å². The van der Waals surface area contributed by atoms with E-state index in [2.05, 4.69) is 10.2 Å². The van der Waals surface area contributed by atoms with Crippen LogP contribution in [0.2, 0.25) is 5.02 Å². The number of benzene rings is 1. The van der Waals surface area contributed by atoms with Crippen LogP contribution in [0.15, 0.2) is 48.8 Å². The van der Waals surface area contributed by atoms with E-state index < -0.39 is 9.84 Å². The van der Waals surface area contributed by atoms with Crippen molar-refractivity contribution >= 4 is 21.4 Å². The largest absolute Gasteiger partial charge is 0.272 e. The summed E-state index contributed by atoms with van der Waals surface area (Å²) in [5, 5.41) is 8.94. The van der Waals surface area contributed by atoms with Crippen LogP contribution in [0.3, 0.4) is 0 Å². The van der Waals surface area contributed by atoms with Crippen LogP contribution >= 0.6 is 11.6 Å². The summed E-state index contributed by atoms with van der Waals surface area (Å²) in [7, 11) is -1.59. The minimum atomic E-state index is -3.31. The molecule has 2 heterocycles. The van der Waals surface area contributed by atoms with Crippen LogP contribution in [0.5, 0.6) is 0 Å². The fourth-order valence-corrected chi connectivity index (χ4v) is 3.79. The van der Waals surface area contributed by atoms with E-state index in [9.17, 15) is 8.42 Å². The molecule has 0 aliphatic rings. The summed E-state index contributed by atoms with van der Waals surface area (Å²) in [6.07, 6.45) is 3.32. The molecule has 0 radical (unpaired) electrons. The Hall–Kier alpha value is -2.12. The van der Waals surface area contributed by atoms with Gasteiger partial charge in [-0.15, -0.1) is 0 Å². The normalized spacial score (nSPS) is 11.7. The van der Waals surface area contributed by atoms with Crippen LogP contribution in [0, 0.1) is 0 Å². The molecule has 0 saturated carbocycles. The van der Waals surface area contributed by atoms with E-state index in [0.29, 0.717) is 16.4 Å². The molecule has 0 spiro atoms. The lowest BCUT2D eigenvalue weighted by Gasteiger charge is -2.04. The third kappa shape index (κ3) is 3.80. The summed E-state index contributed by atoms with van der Waals surface area (Å²) >= 11 is 5.86. The molecule has 23 heavy (non-hydrogen) atoms. The monoisotopic (exact) mass is 350 g/mol. The summed E-state index contributed by atoms with van der Waals surface area (Å²) in [5.41, 5.74) is 1.98. The number of aryl methyl sites for hydroxylation is 1. The Bertz CT molecular complexity index is 913. The van der Waals surface area contributed by atoms with E-state index in [-0.39, 0.29) is 11.5 Å². The first-order valence-electron chi connectivity index (χ1n) is 6.91. The van der Waals surface area contributed by atoms with Crippen molar-refractivity contribution in [1.29, 1.82) is 0 Å². The van der Waals surface area contributed by atoms with Crippen LogP contribution in [0.1, 0.15) is 11.4 Å². The number of hydrogen-bond acceptors (Lipinski definition) is 4. The summed E-state index contributed by atoms with van der Waals surface area (Å²) in [6, 6.07) is 10.6. The molecule has 6 nitrogen and oxygen atoms in total. The molecule has 0 N–H and O–H groups in total. The maximum absolute atomic E-state index is 12.3. The Morgan fingerprint density at radius 1 is 1.09 bits per heavy atom. The first-order chi connectivity index (χ1) is 10.9. The summed E-state index contributed by atoms with van der Waals surface area (Å²) < 4.78 is 27.8. The molecule has 0 atom stereocenters. The zero-order valence-electron chi connectivity index (χ0n) is 12.4. The van der Waals surface area contributed by atoms with Gasteiger partial charge >= 0.3 is 0 Å². The van der Waals surface area contributed by atoms with Crippen molar-refractivity contribution < 1.29 is 8.42 Å². The van der Waals surface area contributed by atoms with E-state index in [0.717, 1.165) is 5.69 Å². The van der Waals surface area contributed by atoms with Gasteiger partial charge in [0.05, 0.1) is 28.6 Å². The number of aromatic nitrogens is 4. The number of hydrogen-bond donors (Lipinski definition) is 0. The van der Waals surface area contributed by atoms with Crippen molar-refractivity contribution in [2.24, 2.45) is 7.05 Å². The number of rotatable bonds is 5. The lowest BCUT2D eigenvalue weighted by Crippen LogP contribution is -2.11. The number of nitrogens with zero attached hydrogens (tertiary/aromatic N) is 4. The molecule has 0 unspecified atom stereocenters. The quantitative estimate of drug-likeness (QED) is 0.708. The van der Waals surface area contributed by atoms with E-state index in [1.165, 1.54) is 0 Å². The van der Waals surface area contributed by atoms with Crippen LogP contribution in [0.25, 0.3) is 5.69 Å². The van der Waals surface area contributed by atoms with Crippen LogP contribution in [0.4, 0.5) is 0 Å². The molecule has 0 aliphatic heterocycles. The van der Waals surface area contributed by atoms with Gasteiger partial charge in [0, 0.05) is 24.5 Å². The minimum Gasteiger partial charge on any atom is -0.272 e. The molecule has 0 fully saturated rings. The molecule has 0 saturated heterocycles. The zero-order chi connectivity index (χ0) is 16.4. The average molecular weight is 351 g/mol. The molecule has 2 aromatic heterocycles. The van der Waals surface area contributed by atoms with Crippen molar-refractivity contribution in [3.8, 4) is 5.69 Å². The van der Waals surface area contributed by atoms with E-state index >= 15 is 0 Å². The predicted octanol–water partition coefficient (Wildman–Crippen LogP) is 2.37. The Morgan fingerprint density at radius 2 is 1.83 bits per heavy atom. The highest BCUT2D eigenvalue weighted by molar-refractivity contribution is 7.89. The SMILES string of the molecule is Cn1nccc1CS(=O)(=O)Cc1ccn(-c2ccc(Cl)cc2)n1. The second kappa shape index (κ2) is 6.17. The van der Waals surface area contributed by atoms with Crippen LogP contribution in [-0.4, -0.2) is 28.0 Å². The number of halogens is 1. The van der Waals surface area contributed by atoms with E-state index in [4.69, 9.17) is 11.6 Å². The van der Waals surface area contributed by atoms with Gasteiger partial charge in [-0.05, 0) is 36.4 Å². The van der Waals surface area contributed by atoms with Crippen LogP contribution < -0.4 is 0 Å². The van der Waals surface area contributed by atoms with Gasteiger partial charge in [-0.1, -0.05) is 11.6 Å². The Kier molecular flexibility index (Phi) is 4.23. The Labute approximate surface area is 139 Å². The second-order valence-electron chi connectivity index (χ2n) is 5.21.